The van der Waals surface area contributed by atoms with Crippen LogP contribution in [0.5, 0.6) is 0 Å². The summed E-state index contributed by atoms with van der Waals surface area (Å²) in [5.74, 6) is -0.0358. The zero-order valence-corrected chi connectivity index (χ0v) is 10.1. The Kier molecular flexibility index (Phi) is 3.43. The van der Waals surface area contributed by atoms with Crippen molar-refractivity contribution in [1.82, 2.24) is 10.3 Å². The molecule has 0 spiro atoms. The van der Waals surface area contributed by atoms with E-state index in [2.05, 4.69) is 10.3 Å². The summed E-state index contributed by atoms with van der Waals surface area (Å²) in [6, 6.07) is 3.78. The molecule has 0 saturated heterocycles. The number of carbonyl (C=O) groups excluding carboxylic acids is 1. The van der Waals surface area contributed by atoms with Crippen molar-refractivity contribution < 1.29 is 4.79 Å². The van der Waals surface area contributed by atoms with Gasteiger partial charge in [0.2, 0.25) is 5.91 Å². The number of pyridine rings is 1. The lowest BCUT2D eigenvalue weighted by atomic mass is 9.97. The van der Waals surface area contributed by atoms with E-state index in [4.69, 9.17) is 5.73 Å². The van der Waals surface area contributed by atoms with E-state index in [9.17, 15) is 4.79 Å². The maximum atomic E-state index is 12.1. The first kappa shape index (κ1) is 12.0. The van der Waals surface area contributed by atoms with Crippen LogP contribution >= 0.6 is 0 Å². The summed E-state index contributed by atoms with van der Waals surface area (Å²) in [5.41, 5.74) is 6.45. The van der Waals surface area contributed by atoms with Gasteiger partial charge in [0.1, 0.15) is 0 Å². The molecule has 0 unspecified atom stereocenters. The van der Waals surface area contributed by atoms with Crippen molar-refractivity contribution in [3.8, 4) is 0 Å². The van der Waals surface area contributed by atoms with Gasteiger partial charge in [-0.05, 0) is 31.4 Å². The standard InChI is InChI=1S/C13H19N3O/c1-10(11-5-4-8-15-9-11)16-12(17)13(14)6-2-3-7-13/h4-5,8-10H,2-3,6-7,14H2,1H3,(H,16,17)/t10-/m0/s1. The first-order chi connectivity index (χ1) is 8.12. The Morgan fingerprint density at radius 3 is 2.82 bits per heavy atom. The third kappa shape index (κ3) is 2.64. The molecule has 0 aromatic carbocycles. The van der Waals surface area contributed by atoms with Gasteiger partial charge in [0, 0.05) is 12.4 Å². The number of carbonyl (C=O) groups is 1. The van der Waals surface area contributed by atoms with Gasteiger partial charge in [0.05, 0.1) is 11.6 Å². The maximum absolute atomic E-state index is 12.1. The molecule has 2 rings (SSSR count). The van der Waals surface area contributed by atoms with Crippen molar-refractivity contribution in [2.45, 2.75) is 44.2 Å². The third-order valence-electron chi connectivity index (χ3n) is 3.48. The van der Waals surface area contributed by atoms with Crippen LogP contribution in [0.1, 0.15) is 44.2 Å². The highest BCUT2D eigenvalue weighted by Crippen LogP contribution is 2.28. The lowest BCUT2D eigenvalue weighted by molar-refractivity contribution is -0.126. The summed E-state index contributed by atoms with van der Waals surface area (Å²) in [4.78, 5) is 16.1. The Bertz CT molecular complexity index is 385. The molecule has 0 radical (unpaired) electrons. The topological polar surface area (TPSA) is 68.0 Å². The van der Waals surface area contributed by atoms with Crippen molar-refractivity contribution in [2.24, 2.45) is 5.73 Å². The molecule has 1 fully saturated rings. The summed E-state index contributed by atoms with van der Waals surface area (Å²) >= 11 is 0. The number of amides is 1. The van der Waals surface area contributed by atoms with Crippen molar-refractivity contribution >= 4 is 5.91 Å². The predicted octanol–water partition coefficient (Wildman–Crippen LogP) is 1.53. The number of rotatable bonds is 3. The van der Waals surface area contributed by atoms with Gasteiger partial charge in [-0.25, -0.2) is 0 Å². The van der Waals surface area contributed by atoms with Crippen LogP contribution in [0.2, 0.25) is 0 Å². The average Bonchev–Trinajstić information content (AvgIpc) is 2.78. The largest absolute Gasteiger partial charge is 0.348 e. The van der Waals surface area contributed by atoms with Gasteiger partial charge in [-0.15, -0.1) is 0 Å². The van der Waals surface area contributed by atoms with E-state index in [-0.39, 0.29) is 11.9 Å². The molecule has 1 heterocycles. The summed E-state index contributed by atoms with van der Waals surface area (Å²) in [7, 11) is 0. The number of nitrogens with two attached hydrogens (primary N) is 1. The van der Waals surface area contributed by atoms with Gasteiger partial charge in [0.15, 0.2) is 0 Å². The second-order valence-corrected chi connectivity index (χ2v) is 4.84. The van der Waals surface area contributed by atoms with Crippen molar-refractivity contribution in [2.75, 3.05) is 0 Å². The molecule has 17 heavy (non-hydrogen) atoms. The van der Waals surface area contributed by atoms with Crippen LogP contribution in [-0.2, 0) is 4.79 Å². The quantitative estimate of drug-likeness (QED) is 0.832. The Morgan fingerprint density at radius 1 is 1.53 bits per heavy atom. The molecule has 1 aromatic rings. The summed E-state index contributed by atoms with van der Waals surface area (Å²) in [6.07, 6.45) is 7.16. The minimum Gasteiger partial charge on any atom is -0.348 e. The summed E-state index contributed by atoms with van der Waals surface area (Å²) in [5, 5.41) is 2.97. The predicted molar refractivity (Wildman–Crippen MR) is 66.2 cm³/mol. The Balaban J connectivity index is 1.99. The second kappa shape index (κ2) is 4.84. The van der Waals surface area contributed by atoms with Gasteiger partial charge in [0.25, 0.3) is 0 Å². The van der Waals surface area contributed by atoms with Crippen LogP contribution in [0.4, 0.5) is 0 Å². The summed E-state index contributed by atoms with van der Waals surface area (Å²) in [6.45, 7) is 1.95. The lowest BCUT2D eigenvalue weighted by Gasteiger charge is -2.25. The minimum absolute atomic E-state index is 0.0358. The summed E-state index contributed by atoms with van der Waals surface area (Å²) < 4.78 is 0. The fourth-order valence-electron chi connectivity index (χ4n) is 2.29. The van der Waals surface area contributed by atoms with E-state index < -0.39 is 5.54 Å². The van der Waals surface area contributed by atoms with Crippen LogP contribution in [-0.4, -0.2) is 16.4 Å². The molecule has 1 saturated carbocycles. The van der Waals surface area contributed by atoms with Crippen LogP contribution in [0, 0.1) is 0 Å². The number of nitrogens with zero attached hydrogens (tertiary/aromatic N) is 1. The Morgan fingerprint density at radius 2 is 2.24 bits per heavy atom. The van der Waals surface area contributed by atoms with E-state index >= 15 is 0 Å². The molecule has 3 N–H and O–H groups in total. The first-order valence-electron chi connectivity index (χ1n) is 6.12. The molecule has 1 amide bonds. The SMILES string of the molecule is C[C@H](NC(=O)C1(N)CCCC1)c1cccnc1. The number of hydrogen-bond acceptors (Lipinski definition) is 3. The molecule has 1 aliphatic carbocycles. The normalized spacial score (nSPS) is 19.9. The first-order valence-corrected chi connectivity index (χ1v) is 6.12. The zero-order chi connectivity index (χ0) is 12.3. The van der Waals surface area contributed by atoms with Gasteiger partial charge in [-0.2, -0.15) is 0 Å². The molecule has 1 aliphatic rings. The van der Waals surface area contributed by atoms with E-state index in [0.717, 1.165) is 31.2 Å². The van der Waals surface area contributed by atoms with Crippen molar-refractivity contribution in [3.05, 3.63) is 30.1 Å². The van der Waals surface area contributed by atoms with Gasteiger partial charge >= 0.3 is 0 Å². The molecule has 0 bridgehead atoms. The molecule has 4 nitrogen and oxygen atoms in total. The van der Waals surface area contributed by atoms with E-state index in [1.54, 1.807) is 12.4 Å². The minimum atomic E-state index is -0.656. The monoisotopic (exact) mass is 233 g/mol. The van der Waals surface area contributed by atoms with Crippen molar-refractivity contribution in [3.63, 3.8) is 0 Å². The molecular formula is C13H19N3O. The van der Waals surface area contributed by atoms with Crippen LogP contribution < -0.4 is 11.1 Å². The highest BCUT2D eigenvalue weighted by atomic mass is 16.2. The number of nitrogens with one attached hydrogen (secondary N) is 1. The van der Waals surface area contributed by atoms with E-state index in [1.807, 2.05) is 19.1 Å². The Hall–Kier alpha value is -1.42. The highest BCUT2D eigenvalue weighted by molar-refractivity contribution is 5.86. The fraction of sp³-hybridized carbons (Fsp3) is 0.538. The van der Waals surface area contributed by atoms with Gasteiger partial charge in [-0.3, -0.25) is 9.78 Å². The van der Waals surface area contributed by atoms with Crippen molar-refractivity contribution in [1.29, 1.82) is 0 Å². The second-order valence-electron chi connectivity index (χ2n) is 4.84. The third-order valence-corrected chi connectivity index (χ3v) is 3.48. The van der Waals surface area contributed by atoms with E-state index in [1.165, 1.54) is 0 Å². The smallest absolute Gasteiger partial charge is 0.240 e. The van der Waals surface area contributed by atoms with Gasteiger partial charge in [-0.1, -0.05) is 18.9 Å². The molecule has 0 aliphatic heterocycles. The van der Waals surface area contributed by atoms with Crippen LogP contribution in [0.3, 0.4) is 0 Å². The van der Waals surface area contributed by atoms with Gasteiger partial charge < -0.3 is 11.1 Å². The number of hydrogen-bond donors (Lipinski definition) is 2. The molecule has 1 atom stereocenters. The van der Waals surface area contributed by atoms with Crippen LogP contribution in [0.25, 0.3) is 0 Å². The molecule has 1 aromatic heterocycles. The Labute approximate surface area is 102 Å². The fourth-order valence-corrected chi connectivity index (χ4v) is 2.29. The highest BCUT2D eigenvalue weighted by Gasteiger charge is 2.37. The average molecular weight is 233 g/mol. The zero-order valence-electron chi connectivity index (χ0n) is 10.1. The molecular weight excluding hydrogens is 214 g/mol. The maximum Gasteiger partial charge on any atom is 0.240 e. The van der Waals surface area contributed by atoms with Crippen LogP contribution in [0.15, 0.2) is 24.5 Å². The molecule has 92 valence electrons. The number of aromatic nitrogens is 1. The molecule has 4 heteroatoms. The lowest BCUT2D eigenvalue weighted by Crippen LogP contribution is -2.52. The van der Waals surface area contributed by atoms with E-state index in [0.29, 0.717) is 0 Å².